The van der Waals surface area contributed by atoms with E-state index in [1.54, 1.807) is 18.2 Å². The summed E-state index contributed by atoms with van der Waals surface area (Å²) in [6.07, 6.45) is 0.703. The van der Waals surface area contributed by atoms with E-state index in [9.17, 15) is 19.2 Å². The predicted octanol–water partition coefficient (Wildman–Crippen LogP) is 0.830. The van der Waals surface area contributed by atoms with E-state index in [1.807, 2.05) is 6.92 Å². The van der Waals surface area contributed by atoms with Gasteiger partial charge in [-0.15, -0.1) is 0 Å². The monoisotopic (exact) mass is 390 g/mol. The van der Waals surface area contributed by atoms with Gasteiger partial charge >= 0.3 is 11.6 Å². The third-order valence-electron chi connectivity index (χ3n) is 3.86. The number of nitrogens with one attached hydrogen (secondary N) is 2. The summed E-state index contributed by atoms with van der Waals surface area (Å²) < 4.78 is 10.8. The average molecular weight is 390 g/mol. The molecule has 2 amide bonds. The van der Waals surface area contributed by atoms with Gasteiger partial charge in [0.05, 0.1) is 6.54 Å². The molecule has 1 aromatic carbocycles. The molecule has 2 aromatic rings. The van der Waals surface area contributed by atoms with Crippen LogP contribution in [0, 0.1) is 0 Å². The van der Waals surface area contributed by atoms with E-state index in [-0.39, 0.29) is 6.54 Å². The Morgan fingerprint density at radius 3 is 2.61 bits per heavy atom. The van der Waals surface area contributed by atoms with Crippen LogP contribution < -0.4 is 21.0 Å². The zero-order chi connectivity index (χ0) is 20.7. The Labute approximate surface area is 160 Å². The van der Waals surface area contributed by atoms with Crippen molar-refractivity contribution >= 4 is 28.8 Å². The lowest BCUT2D eigenvalue weighted by Crippen LogP contribution is -2.43. The van der Waals surface area contributed by atoms with Crippen LogP contribution in [0.2, 0.25) is 0 Å². The van der Waals surface area contributed by atoms with Gasteiger partial charge in [-0.1, -0.05) is 13.3 Å². The summed E-state index contributed by atoms with van der Waals surface area (Å²) in [4.78, 5) is 45.6. The van der Waals surface area contributed by atoms with Crippen molar-refractivity contribution in [2.75, 3.05) is 13.1 Å². The first-order valence-corrected chi connectivity index (χ1v) is 8.79. The molecule has 1 aromatic heterocycles. The fraction of sp³-hybridized carbons (Fsp3) is 0.368. The smallest absolute Gasteiger partial charge is 0.336 e. The van der Waals surface area contributed by atoms with Crippen molar-refractivity contribution in [3.8, 4) is 5.75 Å². The van der Waals surface area contributed by atoms with E-state index in [0.29, 0.717) is 11.3 Å². The van der Waals surface area contributed by atoms with Crippen LogP contribution in [0.15, 0.2) is 33.5 Å². The fourth-order valence-corrected chi connectivity index (χ4v) is 2.57. The second kappa shape index (κ2) is 9.54. The van der Waals surface area contributed by atoms with Gasteiger partial charge in [-0.25, -0.2) is 4.79 Å². The molecule has 1 heterocycles. The normalized spacial score (nSPS) is 11.6. The van der Waals surface area contributed by atoms with Gasteiger partial charge in [0.15, 0.2) is 6.10 Å². The second-order valence-corrected chi connectivity index (χ2v) is 6.15. The van der Waals surface area contributed by atoms with E-state index in [0.717, 1.165) is 23.8 Å². The van der Waals surface area contributed by atoms with Crippen LogP contribution in [-0.4, -0.2) is 42.1 Å². The Hall–Kier alpha value is -3.36. The highest BCUT2D eigenvalue weighted by Gasteiger charge is 2.16. The summed E-state index contributed by atoms with van der Waals surface area (Å²) in [5.74, 6) is -2.02. The molecule has 0 unspecified atom stereocenters. The van der Waals surface area contributed by atoms with Crippen LogP contribution in [0.3, 0.4) is 0 Å². The highest BCUT2D eigenvalue weighted by Crippen LogP contribution is 2.24. The number of carboxylic acids is 1. The molecule has 150 valence electrons. The highest BCUT2D eigenvalue weighted by molar-refractivity contribution is 5.88. The number of ether oxygens (including phenoxy) is 1. The van der Waals surface area contributed by atoms with Gasteiger partial charge in [-0.2, -0.15) is 0 Å². The lowest BCUT2D eigenvalue weighted by atomic mass is 10.1. The van der Waals surface area contributed by atoms with E-state index >= 15 is 0 Å². The second-order valence-electron chi connectivity index (χ2n) is 6.15. The fourth-order valence-electron chi connectivity index (χ4n) is 2.57. The molecule has 0 fully saturated rings. The Bertz CT molecular complexity index is 936. The van der Waals surface area contributed by atoms with E-state index in [2.05, 4.69) is 10.6 Å². The third kappa shape index (κ3) is 5.83. The molecule has 0 saturated heterocycles. The molecule has 0 spiro atoms. The lowest BCUT2D eigenvalue weighted by molar-refractivity contribution is -0.137. The third-order valence-corrected chi connectivity index (χ3v) is 3.86. The first kappa shape index (κ1) is 20.9. The standard InChI is InChI=1S/C19H22N2O7/c1-3-4-12-7-18(25)28-15-8-13(5-6-14(12)15)27-11(2)19(26)21-9-16(22)20-10-17(23)24/h5-8,11H,3-4,9-10H2,1-2H3,(H,20,22)(H,21,26)(H,23,24)/t11-/m1/s1. The molecule has 0 radical (unpaired) electrons. The van der Waals surface area contributed by atoms with Crippen LogP contribution >= 0.6 is 0 Å². The number of hydrogen-bond acceptors (Lipinski definition) is 6. The van der Waals surface area contributed by atoms with Crippen molar-refractivity contribution < 1.29 is 28.6 Å². The van der Waals surface area contributed by atoms with Gasteiger partial charge in [0.2, 0.25) is 5.91 Å². The van der Waals surface area contributed by atoms with E-state index < -0.39 is 36.1 Å². The van der Waals surface area contributed by atoms with Crippen LogP contribution in [0.1, 0.15) is 25.8 Å². The van der Waals surface area contributed by atoms with Crippen LogP contribution in [-0.2, 0) is 20.8 Å². The number of hydrogen-bond donors (Lipinski definition) is 3. The van der Waals surface area contributed by atoms with Crippen molar-refractivity contribution in [1.29, 1.82) is 0 Å². The van der Waals surface area contributed by atoms with Crippen LogP contribution in [0.25, 0.3) is 11.0 Å². The Morgan fingerprint density at radius 1 is 1.18 bits per heavy atom. The molecule has 9 heteroatoms. The molecular formula is C19H22N2O7. The van der Waals surface area contributed by atoms with Gasteiger partial charge < -0.3 is 24.9 Å². The number of aliphatic carboxylic acids is 1. The lowest BCUT2D eigenvalue weighted by Gasteiger charge is -2.15. The minimum atomic E-state index is -1.18. The number of carbonyl (C=O) groups is 3. The number of carbonyl (C=O) groups excluding carboxylic acids is 2. The maximum Gasteiger partial charge on any atom is 0.336 e. The SMILES string of the molecule is CCCc1cc(=O)oc2cc(O[C@H](C)C(=O)NCC(=O)NCC(=O)O)ccc12. The van der Waals surface area contributed by atoms with E-state index in [4.69, 9.17) is 14.3 Å². The molecular weight excluding hydrogens is 368 g/mol. The van der Waals surface area contributed by atoms with Gasteiger partial charge in [0.25, 0.3) is 5.91 Å². The maximum absolute atomic E-state index is 12.0. The molecule has 0 aliphatic heterocycles. The topological polar surface area (TPSA) is 135 Å². The number of rotatable bonds is 9. The highest BCUT2D eigenvalue weighted by atomic mass is 16.5. The van der Waals surface area contributed by atoms with Gasteiger partial charge in [-0.05, 0) is 31.0 Å². The maximum atomic E-state index is 12.0. The van der Waals surface area contributed by atoms with Crippen molar-refractivity contribution in [1.82, 2.24) is 10.6 Å². The number of aryl methyl sites for hydroxylation is 1. The summed E-state index contributed by atoms with van der Waals surface area (Å²) in [6, 6.07) is 6.45. The first-order chi connectivity index (χ1) is 13.3. The number of benzene rings is 1. The molecule has 3 N–H and O–H groups in total. The minimum absolute atomic E-state index is 0.335. The van der Waals surface area contributed by atoms with Crippen molar-refractivity contribution in [2.45, 2.75) is 32.8 Å². The number of amides is 2. The zero-order valence-electron chi connectivity index (χ0n) is 15.6. The quantitative estimate of drug-likeness (QED) is 0.540. The minimum Gasteiger partial charge on any atom is -0.481 e. The van der Waals surface area contributed by atoms with Crippen LogP contribution in [0.5, 0.6) is 5.75 Å². The van der Waals surface area contributed by atoms with Gasteiger partial charge in [0.1, 0.15) is 17.9 Å². The summed E-state index contributed by atoms with van der Waals surface area (Å²) in [5.41, 5.74) is 0.804. The molecule has 28 heavy (non-hydrogen) atoms. The molecule has 2 rings (SSSR count). The summed E-state index contributed by atoms with van der Waals surface area (Å²) >= 11 is 0. The Morgan fingerprint density at radius 2 is 1.93 bits per heavy atom. The predicted molar refractivity (Wildman–Crippen MR) is 100 cm³/mol. The zero-order valence-corrected chi connectivity index (χ0v) is 15.6. The average Bonchev–Trinajstić information content (AvgIpc) is 2.64. The molecule has 9 nitrogen and oxygen atoms in total. The van der Waals surface area contributed by atoms with Gasteiger partial charge in [0, 0.05) is 17.5 Å². The summed E-state index contributed by atoms with van der Waals surface area (Å²) in [6.45, 7) is 2.62. The Balaban J connectivity index is 2.01. The van der Waals surface area contributed by atoms with Gasteiger partial charge in [-0.3, -0.25) is 14.4 Å². The van der Waals surface area contributed by atoms with Crippen molar-refractivity contribution in [3.63, 3.8) is 0 Å². The van der Waals surface area contributed by atoms with Crippen LogP contribution in [0.4, 0.5) is 0 Å². The number of fused-ring (bicyclic) bond motifs is 1. The summed E-state index contributed by atoms with van der Waals surface area (Å²) in [7, 11) is 0. The largest absolute Gasteiger partial charge is 0.481 e. The van der Waals surface area contributed by atoms with Crippen molar-refractivity contribution in [3.05, 3.63) is 40.2 Å². The first-order valence-electron chi connectivity index (χ1n) is 8.79. The molecule has 0 aliphatic carbocycles. The summed E-state index contributed by atoms with van der Waals surface area (Å²) in [5, 5.41) is 13.8. The Kier molecular flexibility index (Phi) is 7.14. The van der Waals surface area contributed by atoms with Crippen molar-refractivity contribution in [2.24, 2.45) is 0 Å². The number of carboxylic acid groups (broad SMARTS) is 1. The molecule has 1 atom stereocenters. The molecule has 0 bridgehead atoms. The van der Waals surface area contributed by atoms with E-state index in [1.165, 1.54) is 13.0 Å². The molecule has 0 saturated carbocycles. The molecule has 0 aliphatic rings.